The number of ether oxygens (including phenoxy) is 1. The summed E-state index contributed by atoms with van der Waals surface area (Å²) in [7, 11) is 1.39. The van der Waals surface area contributed by atoms with Crippen molar-refractivity contribution in [1.29, 1.82) is 0 Å². The first kappa shape index (κ1) is 17.3. The van der Waals surface area contributed by atoms with Crippen molar-refractivity contribution in [2.75, 3.05) is 7.11 Å². The van der Waals surface area contributed by atoms with Crippen LogP contribution in [-0.2, 0) is 32.9 Å². The molecule has 0 saturated carbocycles. The Hall–Kier alpha value is -1.04. The number of carbonyl (C=O) groups excluding carboxylic acids is 1. The smallest absolute Gasteiger partial charge is 0.307 e. The summed E-state index contributed by atoms with van der Waals surface area (Å²) < 4.78 is 20.4. The summed E-state index contributed by atoms with van der Waals surface area (Å²) in [5, 5.41) is 0. The van der Waals surface area contributed by atoms with E-state index in [1.165, 1.54) is 12.7 Å². The fourth-order valence-corrected chi connectivity index (χ4v) is 3.84. The molecule has 22 heavy (non-hydrogen) atoms. The van der Waals surface area contributed by atoms with Crippen molar-refractivity contribution in [3.05, 3.63) is 35.4 Å². The van der Waals surface area contributed by atoms with Crippen LogP contribution in [-0.4, -0.2) is 22.4 Å². The zero-order chi connectivity index (χ0) is 16.4. The molecular formula is C17H25NO3S. The summed E-state index contributed by atoms with van der Waals surface area (Å²) in [5.41, 5.74) is 1.68. The van der Waals surface area contributed by atoms with E-state index < -0.39 is 21.6 Å². The average molecular weight is 323 g/mol. The van der Waals surface area contributed by atoms with Crippen LogP contribution >= 0.6 is 0 Å². The first-order valence-electron chi connectivity index (χ1n) is 7.63. The lowest BCUT2D eigenvalue weighted by Gasteiger charge is -2.40. The van der Waals surface area contributed by atoms with E-state index in [0.29, 0.717) is 0 Å². The van der Waals surface area contributed by atoms with Gasteiger partial charge in [-0.05, 0) is 51.2 Å². The Bertz CT molecular complexity index is 541. The van der Waals surface area contributed by atoms with Crippen LogP contribution in [0.1, 0.15) is 51.2 Å². The molecule has 1 aromatic rings. The first-order valence-corrected chi connectivity index (χ1v) is 8.78. The maximum Gasteiger partial charge on any atom is 0.307 e. The van der Waals surface area contributed by atoms with Crippen molar-refractivity contribution in [3.8, 4) is 0 Å². The Morgan fingerprint density at radius 3 is 2.73 bits per heavy atom. The van der Waals surface area contributed by atoms with E-state index in [4.69, 9.17) is 4.74 Å². The predicted molar refractivity (Wildman–Crippen MR) is 88.7 cm³/mol. The molecule has 0 aromatic heterocycles. The lowest BCUT2D eigenvalue weighted by Crippen LogP contribution is -2.53. The number of rotatable bonds is 4. The van der Waals surface area contributed by atoms with E-state index in [2.05, 4.69) is 10.8 Å². The number of methoxy groups -OCH3 is 1. The second-order valence-electron chi connectivity index (χ2n) is 6.83. The lowest BCUT2D eigenvalue weighted by molar-refractivity contribution is -0.142. The van der Waals surface area contributed by atoms with Gasteiger partial charge in [0.15, 0.2) is 0 Å². The van der Waals surface area contributed by atoms with Crippen molar-refractivity contribution in [2.24, 2.45) is 0 Å². The van der Waals surface area contributed by atoms with Crippen LogP contribution in [0.15, 0.2) is 24.3 Å². The Morgan fingerprint density at radius 2 is 2.09 bits per heavy atom. The van der Waals surface area contributed by atoms with E-state index in [1.54, 1.807) is 0 Å². The SMILES string of the molecule is COC(=O)C[C@]1(N[S+]([O-])C(C)(C)C)CCCc2ccccc21. The van der Waals surface area contributed by atoms with E-state index in [1.807, 2.05) is 39.0 Å². The third-order valence-corrected chi connectivity index (χ3v) is 5.79. The summed E-state index contributed by atoms with van der Waals surface area (Å²) in [6.45, 7) is 5.78. The summed E-state index contributed by atoms with van der Waals surface area (Å²) in [4.78, 5) is 12.0. The molecule has 1 unspecified atom stereocenters. The minimum absolute atomic E-state index is 0.197. The molecule has 1 aliphatic rings. The van der Waals surface area contributed by atoms with Crippen molar-refractivity contribution in [3.63, 3.8) is 0 Å². The van der Waals surface area contributed by atoms with Gasteiger partial charge in [0, 0.05) is 11.4 Å². The van der Waals surface area contributed by atoms with Crippen LogP contribution in [0.25, 0.3) is 0 Å². The lowest BCUT2D eigenvalue weighted by atomic mass is 9.75. The van der Waals surface area contributed by atoms with Crippen LogP contribution in [0.5, 0.6) is 0 Å². The van der Waals surface area contributed by atoms with Gasteiger partial charge in [-0.2, -0.15) is 0 Å². The van der Waals surface area contributed by atoms with Gasteiger partial charge in [-0.15, -0.1) is 4.72 Å². The molecule has 0 fully saturated rings. The maximum absolute atomic E-state index is 12.7. The molecule has 0 amide bonds. The van der Waals surface area contributed by atoms with E-state index in [-0.39, 0.29) is 12.4 Å². The summed E-state index contributed by atoms with van der Waals surface area (Å²) in [6, 6.07) is 8.10. The minimum Gasteiger partial charge on any atom is -0.598 e. The highest BCUT2D eigenvalue weighted by Crippen LogP contribution is 2.39. The monoisotopic (exact) mass is 323 g/mol. The molecule has 2 rings (SSSR count). The summed E-state index contributed by atoms with van der Waals surface area (Å²) in [5.74, 6) is -0.282. The van der Waals surface area contributed by atoms with Crippen LogP contribution < -0.4 is 4.72 Å². The number of aryl methyl sites for hydroxylation is 1. The predicted octanol–water partition coefficient (Wildman–Crippen LogP) is 2.83. The third kappa shape index (κ3) is 3.65. The molecule has 0 spiro atoms. The highest BCUT2D eigenvalue weighted by Gasteiger charge is 2.44. The molecule has 1 aromatic carbocycles. The fraction of sp³-hybridized carbons (Fsp3) is 0.588. The van der Waals surface area contributed by atoms with Crippen LogP contribution in [0.4, 0.5) is 0 Å². The molecular weight excluding hydrogens is 298 g/mol. The number of benzene rings is 1. The van der Waals surface area contributed by atoms with Crippen molar-refractivity contribution < 1.29 is 14.1 Å². The number of hydrogen-bond donors (Lipinski definition) is 1. The number of nitrogens with one attached hydrogen (secondary N) is 1. The zero-order valence-corrected chi connectivity index (χ0v) is 14.6. The molecule has 0 heterocycles. The largest absolute Gasteiger partial charge is 0.598 e. The van der Waals surface area contributed by atoms with Gasteiger partial charge in [0.25, 0.3) is 0 Å². The summed E-state index contributed by atoms with van der Waals surface area (Å²) >= 11 is -1.26. The van der Waals surface area contributed by atoms with E-state index >= 15 is 0 Å². The first-order chi connectivity index (χ1) is 10.3. The normalized spacial score (nSPS) is 22.8. The Kier molecular flexibility index (Phi) is 5.20. The van der Waals surface area contributed by atoms with Gasteiger partial charge in [-0.1, -0.05) is 24.3 Å². The maximum atomic E-state index is 12.7. The fourth-order valence-electron chi connectivity index (χ4n) is 2.90. The number of fused-ring (bicyclic) bond motifs is 1. The van der Waals surface area contributed by atoms with Gasteiger partial charge in [0.1, 0.15) is 4.75 Å². The standard InChI is InChI=1S/C17H25NO3S/c1-16(2,3)22(20)18-17(12-15(19)21-4)11-7-9-13-8-5-6-10-14(13)17/h5-6,8,10,18H,7,9,11-12H2,1-4H3/t17-,22?/m1/s1. The molecule has 5 heteroatoms. The Labute approximate surface area is 135 Å². The van der Waals surface area contributed by atoms with Gasteiger partial charge < -0.3 is 9.29 Å². The van der Waals surface area contributed by atoms with Gasteiger partial charge in [-0.3, -0.25) is 4.79 Å². The number of hydrogen-bond acceptors (Lipinski definition) is 4. The van der Waals surface area contributed by atoms with Crippen LogP contribution in [0.3, 0.4) is 0 Å². The second kappa shape index (κ2) is 6.60. The highest BCUT2D eigenvalue weighted by atomic mass is 32.2. The van der Waals surface area contributed by atoms with Crippen molar-refractivity contribution in [2.45, 2.75) is 56.7 Å². The molecule has 1 aliphatic carbocycles. The summed E-state index contributed by atoms with van der Waals surface area (Å²) in [6.07, 6.45) is 2.93. The number of esters is 1. The molecule has 0 bridgehead atoms. The van der Waals surface area contributed by atoms with E-state index in [9.17, 15) is 9.35 Å². The van der Waals surface area contributed by atoms with E-state index in [0.717, 1.165) is 24.8 Å². The molecule has 1 N–H and O–H groups in total. The Balaban J connectivity index is 2.41. The molecule has 2 atom stereocenters. The van der Waals surface area contributed by atoms with Gasteiger partial charge in [0.05, 0.1) is 19.1 Å². The average Bonchev–Trinajstić information content (AvgIpc) is 2.46. The topological polar surface area (TPSA) is 61.4 Å². The third-order valence-electron chi connectivity index (χ3n) is 4.10. The number of carbonyl (C=O) groups is 1. The van der Waals surface area contributed by atoms with Gasteiger partial charge in [-0.25, -0.2) is 0 Å². The second-order valence-corrected chi connectivity index (χ2v) is 8.80. The van der Waals surface area contributed by atoms with Gasteiger partial charge in [0.2, 0.25) is 0 Å². The highest BCUT2D eigenvalue weighted by molar-refractivity contribution is 7.90. The molecule has 0 saturated heterocycles. The molecule has 4 nitrogen and oxygen atoms in total. The van der Waals surface area contributed by atoms with Crippen LogP contribution in [0.2, 0.25) is 0 Å². The zero-order valence-electron chi connectivity index (χ0n) is 13.8. The molecule has 0 radical (unpaired) electrons. The van der Waals surface area contributed by atoms with Crippen molar-refractivity contribution >= 4 is 17.3 Å². The van der Waals surface area contributed by atoms with Gasteiger partial charge >= 0.3 is 5.97 Å². The molecule has 0 aliphatic heterocycles. The quantitative estimate of drug-likeness (QED) is 0.684. The van der Waals surface area contributed by atoms with Crippen LogP contribution in [0, 0.1) is 0 Å². The Morgan fingerprint density at radius 1 is 1.41 bits per heavy atom. The van der Waals surface area contributed by atoms with Crippen molar-refractivity contribution in [1.82, 2.24) is 4.72 Å². The molecule has 122 valence electrons. The minimum atomic E-state index is -1.26.